The lowest BCUT2D eigenvalue weighted by Gasteiger charge is -2.20. The molecular weight excluding hydrogens is 298 g/mol. The lowest BCUT2D eigenvalue weighted by atomic mass is 10.1. The second kappa shape index (κ2) is 8.52. The van der Waals surface area contributed by atoms with Gasteiger partial charge in [-0.25, -0.2) is 4.79 Å². The summed E-state index contributed by atoms with van der Waals surface area (Å²) in [6.45, 7) is 8.11. The van der Waals surface area contributed by atoms with Crippen LogP contribution in [-0.4, -0.2) is 42.0 Å². The van der Waals surface area contributed by atoms with Crippen LogP contribution in [-0.2, 0) is 13.1 Å². The first-order valence-corrected chi connectivity index (χ1v) is 9.53. The molecule has 1 N–H and O–H groups in total. The Bertz CT molecular complexity index is 520. The van der Waals surface area contributed by atoms with E-state index in [2.05, 4.69) is 41.4 Å². The third-order valence-corrected chi connectivity index (χ3v) is 5.28. The van der Waals surface area contributed by atoms with E-state index in [1.54, 1.807) is 0 Å². The molecule has 4 heteroatoms. The molecule has 0 aromatic heterocycles. The van der Waals surface area contributed by atoms with Crippen LogP contribution in [0.4, 0.5) is 4.79 Å². The minimum Gasteiger partial charge on any atom is -0.334 e. The van der Waals surface area contributed by atoms with Gasteiger partial charge in [-0.15, -0.1) is 0 Å². The van der Waals surface area contributed by atoms with E-state index in [-0.39, 0.29) is 6.03 Å². The molecule has 1 atom stereocenters. The van der Waals surface area contributed by atoms with E-state index < -0.39 is 0 Å². The van der Waals surface area contributed by atoms with Crippen molar-refractivity contribution in [3.05, 3.63) is 35.4 Å². The number of amides is 2. The molecule has 132 valence electrons. The van der Waals surface area contributed by atoms with Crippen LogP contribution in [0.5, 0.6) is 0 Å². The fourth-order valence-electron chi connectivity index (χ4n) is 3.72. The molecule has 1 unspecified atom stereocenters. The quantitative estimate of drug-likeness (QED) is 0.916. The van der Waals surface area contributed by atoms with Gasteiger partial charge in [-0.05, 0) is 49.4 Å². The molecule has 0 aliphatic carbocycles. The van der Waals surface area contributed by atoms with E-state index in [1.807, 2.05) is 4.90 Å². The molecule has 4 nitrogen and oxygen atoms in total. The Hall–Kier alpha value is -1.55. The Kier molecular flexibility index (Phi) is 6.13. The Morgan fingerprint density at radius 3 is 2.33 bits per heavy atom. The molecule has 2 aliphatic rings. The van der Waals surface area contributed by atoms with Gasteiger partial charge in [-0.1, -0.05) is 44.0 Å². The summed E-state index contributed by atoms with van der Waals surface area (Å²) in [5.74, 6) is 0.633. The van der Waals surface area contributed by atoms with Crippen molar-refractivity contribution in [3.8, 4) is 0 Å². The van der Waals surface area contributed by atoms with Crippen molar-refractivity contribution in [2.75, 3.05) is 26.2 Å². The molecule has 3 rings (SSSR count). The molecule has 2 amide bonds. The maximum Gasteiger partial charge on any atom is 0.317 e. The van der Waals surface area contributed by atoms with Crippen molar-refractivity contribution >= 4 is 6.03 Å². The van der Waals surface area contributed by atoms with Crippen LogP contribution in [0.3, 0.4) is 0 Å². The van der Waals surface area contributed by atoms with E-state index in [0.29, 0.717) is 12.5 Å². The number of carbonyl (C=O) groups excluding carboxylic acids is 1. The van der Waals surface area contributed by atoms with Crippen LogP contribution in [0.15, 0.2) is 24.3 Å². The van der Waals surface area contributed by atoms with Gasteiger partial charge in [-0.2, -0.15) is 0 Å². The zero-order chi connectivity index (χ0) is 16.8. The number of hydrogen-bond donors (Lipinski definition) is 1. The molecule has 2 saturated heterocycles. The summed E-state index contributed by atoms with van der Waals surface area (Å²) in [7, 11) is 0. The number of hydrogen-bond acceptors (Lipinski definition) is 2. The van der Waals surface area contributed by atoms with Crippen LogP contribution in [0, 0.1) is 5.92 Å². The lowest BCUT2D eigenvalue weighted by Crippen LogP contribution is -2.37. The molecule has 2 aliphatic heterocycles. The van der Waals surface area contributed by atoms with Crippen LogP contribution in [0.1, 0.15) is 50.2 Å². The molecule has 2 heterocycles. The SMILES string of the molecule is CC1CCN(C(=O)NCc2ccc(CN3CCCCCC3)cc2)C1. The zero-order valence-corrected chi connectivity index (χ0v) is 15.0. The van der Waals surface area contributed by atoms with Crippen LogP contribution < -0.4 is 5.32 Å². The monoisotopic (exact) mass is 329 g/mol. The largest absolute Gasteiger partial charge is 0.334 e. The molecule has 1 aromatic carbocycles. The van der Waals surface area contributed by atoms with Gasteiger partial charge in [0.05, 0.1) is 0 Å². The first-order valence-electron chi connectivity index (χ1n) is 9.53. The molecule has 1 aromatic rings. The number of benzene rings is 1. The highest BCUT2D eigenvalue weighted by Crippen LogP contribution is 2.16. The van der Waals surface area contributed by atoms with Crippen molar-refractivity contribution in [1.82, 2.24) is 15.1 Å². The van der Waals surface area contributed by atoms with E-state index in [4.69, 9.17) is 0 Å². The summed E-state index contributed by atoms with van der Waals surface area (Å²) < 4.78 is 0. The van der Waals surface area contributed by atoms with Crippen molar-refractivity contribution in [2.24, 2.45) is 5.92 Å². The van der Waals surface area contributed by atoms with Crippen LogP contribution in [0.25, 0.3) is 0 Å². The van der Waals surface area contributed by atoms with E-state index in [0.717, 1.165) is 26.1 Å². The summed E-state index contributed by atoms with van der Waals surface area (Å²) in [5, 5.41) is 3.05. The summed E-state index contributed by atoms with van der Waals surface area (Å²) in [4.78, 5) is 16.6. The molecule has 0 saturated carbocycles. The fraction of sp³-hybridized carbons (Fsp3) is 0.650. The average molecular weight is 329 g/mol. The standard InChI is InChI=1S/C20H31N3O/c1-17-10-13-23(15-17)20(24)21-14-18-6-8-19(9-7-18)16-22-11-4-2-3-5-12-22/h6-9,17H,2-5,10-16H2,1H3,(H,21,24). The van der Waals surface area contributed by atoms with Crippen LogP contribution in [0.2, 0.25) is 0 Å². The molecule has 24 heavy (non-hydrogen) atoms. The first-order chi connectivity index (χ1) is 11.7. The number of nitrogens with one attached hydrogen (secondary N) is 1. The van der Waals surface area contributed by atoms with Gasteiger partial charge in [0.15, 0.2) is 0 Å². The first kappa shape index (κ1) is 17.3. The van der Waals surface area contributed by atoms with Crippen LogP contribution >= 0.6 is 0 Å². The highest BCUT2D eigenvalue weighted by atomic mass is 16.2. The Morgan fingerprint density at radius 1 is 1.04 bits per heavy atom. The van der Waals surface area contributed by atoms with Crippen molar-refractivity contribution < 1.29 is 4.79 Å². The summed E-state index contributed by atoms with van der Waals surface area (Å²) >= 11 is 0. The van der Waals surface area contributed by atoms with Gasteiger partial charge in [0.1, 0.15) is 0 Å². The highest BCUT2D eigenvalue weighted by molar-refractivity contribution is 5.74. The molecule has 0 spiro atoms. The van der Waals surface area contributed by atoms with Gasteiger partial charge in [0.2, 0.25) is 0 Å². The van der Waals surface area contributed by atoms with Crippen molar-refractivity contribution in [2.45, 2.75) is 52.1 Å². The molecule has 0 radical (unpaired) electrons. The number of likely N-dealkylation sites (tertiary alicyclic amines) is 2. The second-order valence-electron chi connectivity index (χ2n) is 7.51. The number of urea groups is 1. The van der Waals surface area contributed by atoms with Crippen molar-refractivity contribution in [1.29, 1.82) is 0 Å². The maximum atomic E-state index is 12.1. The summed E-state index contributed by atoms with van der Waals surface area (Å²) in [6, 6.07) is 8.81. The van der Waals surface area contributed by atoms with Gasteiger partial charge < -0.3 is 10.2 Å². The topological polar surface area (TPSA) is 35.6 Å². The van der Waals surface area contributed by atoms with E-state index >= 15 is 0 Å². The third-order valence-electron chi connectivity index (χ3n) is 5.28. The highest BCUT2D eigenvalue weighted by Gasteiger charge is 2.22. The fourth-order valence-corrected chi connectivity index (χ4v) is 3.72. The van der Waals surface area contributed by atoms with Gasteiger partial charge >= 0.3 is 6.03 Å². The Morgan fingerprint density at radius 2 is 1.71 bits per heavy atom. The van der Waals surface area contributed by atoms with Gasteiger partial charge in [-0.3, -0.25) is 4.90 Å². The minimum atomic E-state index is 0.0768. The number of carbonyl (C=O) groups is 1. The number of nitrogens with zero attached hydrogens (tertiary/aromatic N) is 2. The molecular formula is C20H31N3O. The van der Waals surface area contributed by atoms with E-state index in [9.17, 15) is 4.79 Å². The smallest absolute Gasteiger partial charge is 0.317 e. The average Bonchev–Trinajstić information content (AvgIpc) is 2.87. The Balaban J connectivity index is 1.45. The second-order valence-corrected chi connectivity index (χ2v) is 7.51. The predicted octanol–water partition coefficient (Wildman–Crippen LogP) is 3.61. The van der Waals surface area contributed by atoms with Crippen molar-refractivity contribution in [3.63, 3.8) is 0 Å². The Labute approximate surface area is 146 Å². The van der Waals surface area contributed by atoms with Gasteiger partial charge in [0, 0.05) is 26.2 Å². The summed E-state index contributed by atoms with van der Waals surface area (Å²) in [5.41, 5.74) is 2.55. The predicted molar refractivity (Wildman–Crippen MR) is 97.8 cm³/mol. The normalized spacial score (nSPS) is 22.4. The molecule has 0 bridgehead atoms. The van der Waals surface area contributed by atoms with Gasteiger partial charge in [0.25, 0.3) is 0 Å². The lowest BCUT2D eigenvalue weighted by molar-refractivity contribution is 0.207. The van der Waals surface area contributed by atoms with E-state index in [1.165, 1.54) is 49.9 Å². The zero-order valence-electron chi connectivity index (χ0n) is 15.0. The minimum absolute atomic E-state index is 0.0768. The number of rotatable bonds is 4. The third kappa shape index (κ3) is 4.97. The summed E-state index contributed by atoms with van der Waals surface area (Å²) in [6.07, 6.45) is 6.55. The molecule has 2 fully saturated rings. The maximum absolute atomic E-state index is 12.1.